The van der Waals surface area contributed by atoms with Crippen LogP contribution in [0.5, 0.6) is 0 Å². The molecular formula is C20H24O. The topological polar surface area (TPSA) is 17.1 Å². The van der Waals surface area contributed by atoms with E-state index in [9.17, 15) is 4.79 Å². The van der Waals surface area contributed by atoms with Gasteiger partial charge in [-0.15, -0.1) is 0 Å². The average Bonchev–Trinajstić information content (AvgIpc) is 3.06. The average molecular weight is 280 g/mol. The Morgan fingerprint density at radius 1 is 1.29 bits per heavy atom. The maximum absolute atomic E-state index is 12.8. The second-order valence-corrected chi connectivity index (χ2v) is 7.51. The Bertz CT molecular complexity index is 627. The molecule has 1 spiro atoms. The number of allylic oxidation sites excluding steroid dienone is 2. The van der Waals surface area contributed by atoms with Gasteiger partial charge in [-0.25, -0.2) is 0 Å². The standard InChI is InChI=1S/C20H24O/c1-3-13(2)16-5-4-6-17-18(16)11-20(12-19(17)21)10-14-7-8-15(20)9-14/h4-8,13-15H,3,9-12H2,1-2H3. The minimum atomic E-state index is 0.243. The van der Waals surface area contributed by atoms with Crippen molar-refractivity contribution >= 4 is 5.78 Å². The summed E-state index contributed by atoms with van der Waals surface area (Å²) in [6.07, 6.45) is 10.3. The Morgan fingerprint density at radius 2 is 2.14 bits per heavy atom. The molecule has 0 aliphatic heterocycles. The van der Waals surface area contributed by atoms with Crippen LogP contribution in [0, 0.1) is 17.3 Å². The lowest BCUT2D eigenvalue weighted by Crippen LogP contribution is -2.36. The summed E-state index contributed by atoms with van der Waals surface area (Å²) in [4.78, 5) is 12.8. The summed E-state index contributed by atoms with van der Waals surface area (Å²) in [5.41, 5.74) is 4.07. The van der Waals surface area contributed by atoms with Gasteiger partial charge in [-0.2, -0.15) is 0 Å². The highest BCUT2D eigenvalue weighted by Gasteiger charge is 2.51. The van der Waals surface area contributed by atoms with Gasteiger partial charge in [0, 0.05) is 12.0 Å². The zero-order valence-electron chi connectivity index (χ0n) is 13.1. The largest absolute Gasteiger partial charge is 0.294 e. The van der Waals surface area contributed by atoms with E-state index in [1.165, 1.54) is 24.0 Å². The van der Waals surface area contributed by atoms with Gasteiger partial charge in [-0.1, -0.05) is 44.2 Å². The number of Topliss-reactive ketones (excluding diaryl/α,β-unsaturated/α-hetero) is 1. The number of hydrogen-bond acceptors (Lipinski definition) is 1. The van der Waals surface area contributed by atoms with Crippen molar-refractivity contribution in [1.82, 2.24) is 0 Å². The van der Waals surface area contributed by atoms with Crippen molar-refractivity contribution in [2.45, 2.75) is 51.9 Å². The van der Waals surface area contributed by atoms with E-state index in [-0.39, 0.29) is 5.41 Å². The Balaban J connectivity index is 1.80. The van der Waals surface area contributed by atoms with Crippen molar-refractivity contribution in [3.05, 3.63) is 47.0 Å². The van der Waals surface area contributed by atoms with Crippen molar-refractivity contribution < 1.29 is 4.79 Å². The first-order chi connectivity index (χ1) is 10.1. The van der Waals surface area contributed by atoms with Crippen LogP contribution in [-0.4, -0.2) is 5.78 Å². The van der Waals surface area contributed by atoms with Gasteiger partial charge in [-0.05, 0) is 60.0 Å². The first-order valence-electron chi connectivity index (χ1n) is 8.46. The predicted octanol–water partition coefficient (Wildman–Crippen LogP) is 4.91. The lowest BCUT2D eigenvalue weighted by atomic mass is 9.63. The van der Waals surface area contributed by atoms with Crippen LogP contribution in [0.25, 0.3) is 0 Å². The molecule has 0 radical (unpaired) electrons. The van der Waals surface area contributed by atoms with Crippen LogP contribution in [-0.2, 0) is 6.42 Å². The van der Waals surface area contributed by atoms with Gasteiger partial charge in [0.1, 0.15) is 0 Å². The summed E-state index contributed by atoms with van der Waals surface area (Å²) in [5.74, 6) is 2.32. The molecule has 0 saturated heterocycles. The summed E-state index contributed by atoms with van der Waals surface area (Å²) in [6, 6.07) is 6.39. The second kappa shape index (κ2) is 4.56. The van der Waals surface area contributed by atoms with Crippen LogP contribution in [0.15, 0.2) is 30.4 Å². The molecule has 0 heterocycles. The summed E-state index contributed by atoms with van der Waals surface area (Å²) < 4.78 is 0. The third-order valence-corrected chi connectivity index (χ3v) is 6.32. The minimum Gasteiger partial charge on any atom is -0.294 e. The predicted molar refractivity (Wildman–Crippen MR) is 85.6 cm³/mol. The number of ketones is 1. The van der Waals surface area contributed by atoms with Crippen molar-refractivity contribution in [2.24, 2.45) is 17.3 Å². The smallest absolute Gasteiger partial charge is 0.163 e. The third kappa shape index (κ3) is 1.86. The molecule has 2 bridgehead atoms. The zero-order valence-corrected chi connectivity index (χ0v) is 13.1. The fraction of sp³-hybridized carbons (Fsp3) is 0.550. The summed E-state index contributed by atoms with van der Waals surface area (Å²) in [7, 11) is 0. The molecule has 21 heavy (non-hydrogen) atoms. The molecule has 1 fully saturated rings. The summed E-state index contributed by atoms with van der Waals surface area (Å²) in [6.45, 7) is 4.53. The van der Waals surface area contributed by atoms with E-state index in [0.29, 0.717) is 17.6 Å². The Kier molecular flexibility index (Phi) is 2.89. The second-order valence-electron chi connectivity index (χ2n) is 7.51. The molecule has 3 aliphatic carbocycles. The van der Waals surface area contributed by atoms with E-state index < -0.39 is 0 Å². The normalized spacial score (nSPS) is 34.5. The molecule has 1 nitrogen and oxygen atoms in total. The molecule has 4 atom stereocenters. The molecule has 1 heteroatoms. The van der Waals surface area contributed by atoms with Crippen molar-refractivity contribution in [2.75, 3.05) is 0 Å². The molecule has 4 rings (SSSR count). The maximum Gasteiger partial charge on any atom is 0.163 e. The highest BCUT2D eigenvalue weighted by molar-refractivity contribution is 5.99. The highest BCUT2D eigenvalue weighted by Crippen LogP contribution is 2.58. The molecule has 4 unspecified atom stereocenters. The zero-order chi connectivity index (χ0) is 14.6. The van der Waals surface area contributed by atoms with E-state index in [2.05, 4.69) is 44.2 Å². The Labute approximate surface area is 127 Å². The van der Waals surface area contributed by atoms with Gasteiger partial charge < -0.3 is 0 Å². The van der Waals surface area contributed by atoms with Gasteiger partial charge in [0.05, 0.1) is 0 Å². The van der Waals surface area contributed by atoms with Crippen LogP contribution in [0.3, 0.4) is 0 Å². The van der Waals surface area contributed by atoms with Crippen molar-refractivity contribution in [1.29, 1.82) is 0 Å². The van der Waals surface area contributed by atoms with Gasteiger partial charge in [0.15, 0.2) is 5.78 Å². The fourth-order valence-corrected chi connectivity index (χ4v) is 5.03. The van der Waals surface area contributed by atoms with E-state index in [0.717, 1.165) is 30.7 Å². The lowest BCUT2D eigenvalue weighted by molar-refractivity contribution is 0.0847. The van der Waals surface area contributed by atoms with E-state index in [1.807, 2.05) is 0 Å². The van der Waals surface area contributed by atoms with Crippen LogP contribution in [0.1, 0.15) is 66.9 Å². The Morgan fingerprint density at radius 3 is 2.81 bits per heavy atom. The van der Waals surface area contributed by atoms with Crippen molar-refractivity contribution in [3.63, 3.8) is 0 Å². The SMILES string of the molecule is CCC(C)c1cccc2c1CC1(CC2=O)CC2C=CC1C2. The monoisotopic (exact) mass is 280 g/mol. The molecular weight excluding hydrogens is 256 g/mol. The minimum absolute atomic E-state index is 0.243. The van der Waals surface area contributed by atoms with Gasteiger partial charge in [0.2, 0.25) is 0 Å². The molecule has 1 saturated carbocycles. The first kappa shape index (κ1) is 13.3. The molecule has 3 aliphatic rings. The maximum atomic E-state index is 12.8. The molecule has 0 aromatic heterocycles. The van der Waals surface area contributed by atoms with Crippen molar-refractivity contribution in [3.8, 4) is 0 Å². The molecule has 1 aromatic rings. The molecule has 110 valence electrons. The van der Waals surface area contributed by atoms with E-state index >= 15 is 0 Å². The molecule has 1 aromatic carbocycles. The van der Waals surface area contributed by atoms with Gasteiger partial charge in [-0.3, -0.25) is 4.79 Å². The van der Waals surface area contributed by atoms with E-state index in [4.69, 9.17) is 0 Å². The fourth-order valence-electron chi connectivity index (χ4n) is 5.03. The number of fused-ring (bicyclic) bond motifs is 4. The Hall–Kier alpha value is -1.37. The summed E-state index contributed by atoms with van der Waals surface area (Å²) in [5, 5.41) is 0. The van der Waals surface area contributed by atoms with Crippen LogP contribution in [0.4, 0.5) is 0 Å². The number of carbonyl (C=O) groups excluding carboxylic acids is 1. The third-order valence-electron chi connectivity index (χ3n) is 6.32. The highest BCUT2D eigenvalue weighted by atomic mass is 16.1. The molecule has 0 N–H and O–H groups in total. The lowest BCUT2D eigenvalue weighted by Gasteiger charge is -2.40. The van der Waals surface area contributed by atoms with Gasteiger partial charge >= 0.3 is 0 Å². The molecule has 0 amide bonds. The summed E-state index contributed by atoms with van der Waals surface area (Å²) >= 11 is 0. The number of carbonyl (C=O) groups is 1. The van der Waals surface area contributed by atoms with Crippen LogP contribution in [0.2, 0.25) is 0 Å². The van der Waals surface area contributed by atoms with Crippen LogP contribution < -0.4 is 0 Å². The number of benzene rings is 1. The van der Waals surface area contributed by atoms with Crippen LogP contribution >= 0.6 is 0 Å². The number of rotatable bonds is 2. The quantitative estimate of drug-likeness (QED) is 0.703. The van der Waals surface area contributed by atoms with Gasteiger partial charge in [0.25, 0.3) is 0 Å². The first-order valence-corrected chi connectivity index (χ1v) is 8.46. The van der Waals surface area contributed by atoms with E-state index in [1.54, 1.807) is 0 Å². The number of hydrogen-bond donors (Lipinski definition) is 0.